The van der Waals surface area contributed by atoms with Gasteiger partial charge in [0.25, 0.3) is 0 Å². The van der Waals surface area contributed by atoms with E-state index >= 15 is 0 Å². The Morgan fingerprint density at radius 3 is 2.26 bits per heavy atom. The molecule has 0 spiro atoms. The van der Waals surface area contributed by atoms with Crippen molar-refractivity contribution < 1.29 is 9.90 Å². The van der Waals surface area contributed by atoms with Crippen molar-refractivity contribution in [1.82, 2.24) is 4.98 Å². The second kappa shape index (κ2) is 11.1. The van der Waals surface area contributed by atoms with Crippen molar-refractivity contribution in [3.63, 3.8) is 0 Å². The SMILES string of the molecule is Cc1ccc(-c2c(C=CC(=O)O)c(C)nc(CC(C)C)c2CN)cc1.Cl.Cl. The highest BCUT2D eigenvalue weighted by atomic mass is 35.5. The second-order valence-corrected chi connectivity index (χ2v) is 6.75. The summed E-state index contributed by atoms with van der Waals surface area (Å²) in [6.45, 7) is 8.64. The van der Waals surface area contributed by atoms with Crippen molar-refractivity contribution in [2.75, 3.05) is 0 Å². The van der Waals surface area contributed by atoms with Gasteiger partial charge in [-0.15, -0.1) is 24.8 Å². The van der Waals surface area contributed by atoms with Gasteiger partial charge >= 0.3 is 5.97 Å². The zero-order chi connectivity index (χ0) is 18.6. The van der Waals surface area contributed by atoms with E-state index in [0.717, 1.165) is 46.1 Å². The fourth-order valence-electron chi connectivity index (χ4n) is 3.00. The minimum Gasteiger partial charge on any atom is -0.478 e. The zero-order valence-electron chi connectivity index (χ0n) is 16.2. The Bertz CT molecular complexity index is 801. The summed E-state index contributed by atoms with van der Waals surface area (Å²) in [7, 11) is 0. The van der Waals surface area contributed by atoms with Gasteiger partial charge in [0, 0.05) is 29.6 Å². The van der Waals surface area contributed by atoms with Gasteiger partial charge in [-0.2, -0.15) is 0 Å². The van der Waals surface area contributed by atoms with Gasteiger partial charge in [-0.1, -0.05) is 43.7 Å². The van der Waals surface area contributed by atoms with E-state index in [1.54, 1.807) is 6.08 Å². The van der Waals surface area contributed by atoms with Crippen LogP contribution in [0.1, 0.15) is 41.9 Å². The van der Waals surface area contributed by atoms with Gasteiger partial charge < -0.3 is 10.8 Å². The van der Waals surface area contributed by atoms with E-state index in [1.165, 1.54) is 5.56 Å². The third kappa shape index (κ3) is 6.35. The number of aryl methyl sites for hydroxylation is 2. The molecule has 3 N–H and O–H groups in total. The molecule has 148 valence electrons. The molecular formula is C21H28Cl2N2O2. The van der Waals surface area contributed by atoms with Crippen molar-refractivity contribution in [2.24, 2.45) is 11.7 Å². The number of hydrogen-bond donors (Lipinski definition) is 2. The molecule has 1 aromatic heterocycles. The van der Waals surface area contributed by atoms with E-state index in [2.05, 4.69) is 38.1 Å². The van der Waals surface area contributed by atoms with Gasteiger partial charge in [-0.25, -0.2) is 4.79 Å². The number of carboxylic acids is 1. The minimum atomic E-state index is -0.977. The van der Waals surface area contributed by atoms with Crippen LogP contribution in [0.25, 0.3) is 17.2 Å². The maximum Gasteiger partial charge on any atom is 0.328 e. The molecule has 0 aliphatic heterocycles. The predicted molar refractivity (Wildman–Crippen MR) is 117 cm³/mol. The first kappa shape index (κ1) is 25.1. The van der Waals surface area contributed by atoms with Crippen molar-refractivity contribution in [1.29, 1.82) is 0 Å². The minimum absolute atomic E-state index is 0. The lowest BCUT2D eigenvalue weighted by Gasteiger charge is -2.19. The molecule has 0 saturated heterocycles. The second-order valence-electron chi connectivity index (χ2n) is 6.75. The molecule has 0 saturated carbocycles. The van der Waals surface area contributed by atoms with Crippen LogP contribution < -0.4 is 5.73 Å². The summed E-state index contributed by atoms with van der Waals surface area (Å²) < 4.78 is 0. The number of carbonyl (C=O) groups is 1. The van der Waals surface area contributed by atoms with Crippen LogP contribution in [0.2, 0.25) is 0 Å². The average molecular weight is 411 g/mol. The number of nitrogens with zero attached hydrogens (tertiary/aromatic N) is 1. The van der Waals surface area contributed by atoms with E-state index in [0.29, 0.717) is 12.5 Å². The van der Waals surface area contributed by atoms with E-state index in [-0.39, 0.29) is 24.8 Å². The van der Waals surface area contributed by atoms with Gasteiger partial charge in [0.15, 0.2) is 0 Å². The third-order valence-electron chi connectivity index (χ3n) is 4.15. The van der Waals surface area contributed by atoms with E-state index in [9.17, 15) is 4.79 Å². The van der Waals surface area contributed by atoms with Gasteiger partial charge in [0.2, 0.25) is 0 Å². The molecule has 0 amide bonds. The third-order valence-corrected chi connectivity index (χ3v) is 4.15. The topological polar surface area (TPSA) is 76.2 Å². The quantitative estimate of drug-likeness (QED) is 0.659. The lowest BCUT2D eigenvalue weighted by atomic mass is 9.89. The van der Waals surface area contributed by atoms with Crippen molar-refractivity contribution in [3.05, 3.63) is 58.4 Å². The molecule has 2 rings (SSSR count). The first-order valence-corrected chi connectivity index (χ1v) is 8.54. The van der Waals surface area contributed by atoms with E-state index < -0.39 is 5.97 Å². The molecule has 0 bridgehead atoms. The highest BCUT2D eigenvalue weighted by molar-refractivity contribution is 5.89. The summed E-state index contributed by atoms with van der Waals surface area (Å²) in [5.41, 5.74) is 12.9. The van der Waals surface area contributed by atoms with Crippen LogP contribution in [0.3, 0.4) is 0 Å². The molecule has 4 nitrogen and oxygen atoms in total. The number of halogens is 2. The highest BCUT2D eigenvalue weighted by Crippen LogP contribution is 2.33. The van der Waals surface area contributed by atoms with Crippen molar-refractivity contribution >= 4 is 36.9 Å². The number of nitrogens with two attached hydrogens (primary N) is 1. The maximum atomic E-state index is 11.0. The number of rotatable bonds is 6. The largest absolute Gasteiger partial charge is 0.478 e. The molecule has 0 fully saturated rings. The van der Waals surface area contributed by atoms with E-state index in [4.69, 9.17) is 15.8 Å². The monoisotopic (exact) mass is 410 g/mol. The van der Waals surface area contributed by atoms with Crippen LogP contribution >= 0.6 is 24.8 Å². The Hall–Kier alpha value is -1.88. The molecule has 0 aliphatic carbocycles. The Kier molecular flexibility index (Phi) is 10.3. The highest BCUT2D eigenvalue weighted by Gasteiger charge is 2.18. The van der Waals surface area contributed by atoms with Crippen LogP contribution in [-0.4, -0.2) is 16.1 Å². The lowest BCUT2D eigenvalue weighted by Crippen LogP contribution is -2.12. The summed E-state index contributed by atoms with van der Waals surface area (Å²) in [5, 5.41) is 9.03. The van der Waals surface area contributed by atoms with E-state index in [1.807, 2.05) is 13.8 Å². The summed E-state index contributed by atoms with van der Waals surface area (Å²) in [5.74, 6) is -0.515. The van der Waals surface area contributed by atoms with Crippen LogP contribution in [0.15, 0.2) is 30.3 Å². The lowest BCUT2D eigenvalue weighted by molar-refractivity contribution is -0.131. The Labute approximate surface area is 173 Å². The van der Waals surface area contributed by atoms with Gasteiger partial charge in [0.1, 0.15) is 0 Å². The van der Waals surface area contributed by atoms with Crippen LogP contribution in [0.5, 0.6) is 0 Å². The summed E-state index contributed by atoms with van der Waals surface area (Å²) in [4.78, 5) is 15.8. The molecule has 27 heavy (non-hydrogen) atoms. The van der Waals surface area contributed by atoms with Crippen molar-refractivity contribution in [3.8, 4) is 11.1 Å². The van der Waals surface area contributed by atoms with Crippen molar-refractivity contribution in [2.45, 2.75) is 40.7 Å². The maximum absolute atomic E-state index is 11.0. The smallest absolute Gasteiger partial charge is 0.328 e. The first-order valence-electron chi connectivity index (χ1n) is 8.54. The standard InChI is InChI=1S/C21H26N2O2.2ClH/c1-13(2)11-19-18(12-22)21(16-7-5-14(3)6-8-16)17(15(4)23-19)9-10-20(24)25;;/h5-10,13H,11-12,22H2,1-4H3,(H,24,25);2*1H. The average Bonchev–Trinajstić information content (AvgIpc) is 2.53. The number of aliphatic carboxylic acids is 1. The van der Waals surface area contributed by atoms with Gasteiger partial charge in [-0.3, -0.25) is 4.98 Å². The number of aromatic nitrogens is 1. The molecule has 6 heteroatoms. The molecule has 0 atom stereocenters. The molecule has 0 radical (unpaired) electrons. The van der Waals surface area contributed by atoms with Gasteiger partial charge in [-0.05, 0) is 49.0 Å². The predicted octanol–water partition coefficient (Wildman–Crippen LogP) is 4.96. The fourth-order valence-corrected chi connectivity index (χ4v) is 3.00. The Morgan fingerprint density at radius 2 is 1.78 bits per heavy atom. The molecule has 0 aliphatic rings. The van der Waals surface area contributed by atoms with Crippen LogP contribution in [0.4, 0.5) is 0 Å². The summed E-state index contributed by atoms with van der Waals surface area (Å²) in [6.07, 6.45) is 3.62. The number of benzene rings is 1. The molecular weight excluding hydrogens is 383 g/mol. The number of carboxylic acid groups (broad SMARTS) is 1. The summed E-state index contributed by atoms with van der Waals surface area (Å²) in [6, 6.07) is 8.22. The fraction of sp³-hybridized carbons (Fsp3) is 0.333. The first-order chi connectivity index (χ1) is 11.8. The molecule has 1 heterocycles. The molecule has 2 aromatic rings. The normalized spacial score (nSPS) is 10.6. The molecule has 1 aromatic carbocycles. The molecule has 0 unspecified atom stereocenters. The number of hydrogen-bond acceptors (Lipinski definition) is 3. The Balaban J connectivity index is 0.00000338. The summed E-state index contributed by atoms with van der Waals surface area (Å²) >= 11 is 0. The van der Waals surface area contributed by atoms with Crippen LogP contribution in [0, 0.1) is 19.8 Å². The van der Waals surface area contributed by atoms with Crippen LogP contribution in [-0.2, 0) is 17.8 Å². The number of pyridine rings is 1. The Morgan fingerprint density at radius 1 is 1.19 bits per heavy atom. The zero-order valence-corrected chi connectivity index (χ0v) is 17.8. The van der Waals surface area contributed by atoms with Gasteiger partial charge in [0.05, 0.1) is 0 Å².